The molecule has 0 bridgehead atoms. The molecular weight excluding hydrogens is 448 g/mol. The van der Waals surface area contributed by atoms with Crippen LogP contribution in [0.5, 0.6) is 5.75 Å². The number of aryl methyl sites for hydroxylation is 4. The lowest BCUT2D eigenvalue weighted by molar-refractivity contribution is 0.0946. The molecule has 0 unspecified atom stereocenters. The SMILES string of the molecule is CCCc1ccc(OCCNC(=O)c2ccc(C)c(S(=O)(=O)Nc3ccc(C)c(C)c3)c2)cc1. The molecule has 0 spiro atoms. The van der Waals surface area contributed by atoms with Gasteiger partial charge in [-0.15, -0.1) is 0 Å². The molecule has 3 aromatic rings. The number of anilines is 1. The molecule has 1 amide bonds. The highest BCUT2D eigenvalue weighted by Crippen LogP contribution is 2.22. The lowest BCUT2D eigenvalue weighted by Crippen LogP contribution is -2.28. The summed E-state index contributed by atoms with van der Waals surface area (Å²) in [4.78, 5) is 12.7. The van der Waals surface area contributed by atoms with E-state index < -0.39 is 10.0 Å². The topological polar surface area (TPSA) is 84.5 Å². The van der Waals surface area contributed by atoms with Crippen molar-refractivity contribution in [3.63, 3.8) is 0 Å². The fourth-order valence-electron chi connectivity index (χ4n) is 3.52. The van der Waals surface area contributed by atoms with E-state index in [1.54, 1.807) is 31.2 Å². The van der Waals surface area contributed by atoms with Gasteiger partial charge < -0.3 is 10.1 Å². The Kier molecular flexibility index (Phi) is 8.34. The second-order valence-corrected chi connectivity index (χ2v) is 10.0. The van der Waals surface area contributed by atoms with Crippen molar-refractivity contribution in [1.82, 2.24) is 5.32 Å². The van der Waals surface area contributed by atoms with E-state index in [0.717, 1.165) is 29.7 Å². The molecule has 180 valence electrons. The Hall–Kier alpha value is -3.32. The third-order valence-corrected chi connectivity index (χ3v) is 7.14. The summed E-state index contributed by atoms with van der Waals surface area (Å²) in [6.07, 6.45) is 2.13. The van der Waals surface area contributed by atoms with E-state index in [-0.39, 0.29) is 16.4 Å². The second kappa shape index (κ2) is 11.2. The van der Waals surface area contributed by atoms with Crippen LogP contribution in [-0.2, 0) is 16.4 Å². The predicted octanol–water partition coefficient (Wildman–Crippen LogP) is 5.17. The number of sulfonamides is 1. The summed E-state index contributed by atoms with van der Waals surface area (Å²) in [6, 6.07) is 18.0. The van der Waals surface area contributed by atoms with Crippen LogP contribution in [0.3, 0.4) is 0 Å². The van der Waals surface area contributed by atoms with Crippen molar-refractivity contribution in [2.45, 2.75) is 45.4 Å². The van der Waals surface area contributed by atoms with Gasteiger partial charge in [-0.3, -0.25) is 9.52 Å². The van der Waals surface area contributed by atoms with Crippen LogP contribution in [0, 0.1) is 20.8 Å². The highest BCUT2D eigenvalue weighted by Gasteiger charge is 2.19. The summed E-state index contributed by atoms with van der Waals surface area (Å²) in [6.45, 7) is 8.34. The van der Waals surface area contributed by atoms with Crippen LogP contribution in [-0.4, -0.2) is 27.5 Å². The van der Waals surface area contributed by atoms with Gasteiger partial charge >= 0.3 is 0 Å². The fourth-order valence-corrected chi connectivity index (χ4v) is 4.84. The molecule has 0 heterocycles. The van der Waals surface area contributed by atoms with Gasteiger partial charge in [0.25, 0.3) is 15.9 Å². The number of hydrogen-bond donors (Lipinski definition) is 2. The van der Waals surface area contributed by atoms with Crippen molar-refractivity contribution in [3.8, 4) is 5.75 Å². The van der Waals surface area contributed by atoms with Crippen molar-refractivity contribution in [3.05, 3.63) is 88.5 Å². The Bertz CT molecular complexity index is 1250. The second-order valence-electron chi connectivity index (χ2n) is 8.38. The van der Waals surface area contributed by atoms with Crippen LogP contribution in [0.4, 0.5) is 5.69 Å². The summed E-state index contributed by atoms with van der Waals surface area (Å²) < 4.78 is 34.3. The maximum Gasteiger partial charge on any atom is 0.262 e. The largest absolute Gasteiger partial charge is 0.492 e. The van der Waals surface area contributed by atoms with Gasteiger partial charge in [-0.2, -0.15) is 0 Å². The summed E-state index contributed by atoms with van der Waals surface area (Å²) in [5.41, 5.74) is 4.65. The molecule has 0 atom stereocenters. The van der Waals surface area contributed by atoms with Crippen LogP contribution in [0.15, 0.2) is 65.6 Å². The quantitative estimate of drug-likeness (QED) is 0.392. The monoisotopic (exact) mass is 480 g/mol. The standard InChI is InChI=1S/C27H32N2O4S/c1-5-6-22-9-13-25(14-10-22)33-16-15-28-27(30)23-11-7-20(3)26(18-23)34(31,32)29-24-12-8-19(2)21(4)17-24/h7-14,17-18,29H,5-6,15-16H2,1-4H3,(H,28,30). The number of carbonyl (C=O) groups is 1. The first-order valence-corrected chi connectivity index (χ1v) is 12.9. The molecular formula is C27H32N2O4S. The maximum absolute atomic E-state index is 13.0. The Morgan fingerprint density at radius 3 is 2.26 bits per heavy atom. The van der Waals surface area contributed by atoms with E-state index in [9.17, 15) is 13.2 Å². The van der Waals surface area contributed by atoms with Gasteiger partial charge in [0.1, 0.15) is 12.4 Å². The smallest absolute Gasteiger partial charge is 0.262 e. The molecule has 7 heteroatoms. The molecule has 3 rings (SSSR count). The first kappa shape index (κ1) is 25.3. The van der Waals surface area contributed by atoms with Crippen molar-refractivity contribution in [2.75, 3.05) is 17.9 Å². The third-order valence-electron chi connectivity index (χ3n) is 5.62. The molecule has 0 aliphatic carbocycles. The van der Waals surface area contributed by atoms with E-state index in [1.807, 2.05) is 44.2 Å². The van der Waals surface area contributed by atoms with E-state index in [2.05, 4.69) is 17.0 Å². The minimum absolute atomic E-state index is 0.0711. The zero-order valence-corrected chi connectivity index (χ0v) is 21.0. The molecule has 0 aliphatic rings. The van der Waals surface area contributed by atoms with Crippen LogP contribution in [0.1, 0.15) is 46.0 Å². The summed E-state index contributed by atoms with van der Waals surface area (Å²) >= 11 is 0. The van der Waals surface area contributed by atoms with E-state index in [4.69, 9.17) is 4.74 Å². The van der Waals surface area contributed by atoms with E-state index >= 15 is 0 Å². The zero-order valence-electron chi connectivity index (χ0n) is 20.1. The van der Waals surface area contributed by atoms with Crippen LogP contribution < -0.4 is 14.8 Å². The lowest BCUT2D eigenvalue weighted by Gasteiger charge is -2.13. The summed E-state index contributed by atoms with van der Waals surface area (Å²) in [5, 5.41) is 2.78. The normalized spacial score (nSPS) is 11.2. The van der Waals surface area contributed by atoms with Crippen molar-refractivity contribution in [1.29, 1.82) is 0 Å². The van der Waals surface area contributed by atoms with Gasteiger partial charge in [-0.1, -0.05) is 37.6 Å². The molecule has 0 radical (unpaired) electrons. The maximum atomic E-state index is 13.0. The Morgan fingerprint density at radius 1 is 0.882 bits per heavy atom. The third kappa shape index (κ3) is 6.60. The number of hydrogen-bond acceptors (Lipinski definition) is 4. The lowest BCUT2D eigenvalue weighted by atomic mass is 10.1. The Balaban J connectivity index is 1.61. The number of ether oxygens (including phenoxy) is 1. The Labute approximate surface area is 202 Å². The highest BCUT2D eigenvalue weighted by molar-refractivity contribution is 7.92. The summed E-state index contributed by atoms with van der Waals surface area (Å²) in [7, 11) is -3.85. The first-order chi connectivity index (χ1) is 16.2. The van der Waals surface area contributed by atoms with Crippen molar-refractivity contribution < 1.29 is 17.9 Å². The molecule has 34 heavy (non-hydrogen) atoms. The van der Waals surface area contributed by atoms with Gasteiger partial charge in [0, 0.05) is 11.3 Å². The molecule has 2 N–H and O–H groups in total. The van der Waals surface area contributed by atoms with Gasteiger partial charge in [-0.25, -0.2) is 8.42 Å². The fraction of sp³-hybridized carbons (Fsp3) is 0.296. The molecule has 6 nitrogen and oxygen atoms in total. The number of nitrogens with one attached hydrogen (secondary N) is 2. The molecule has 0 fully saturated rings. The van der Waals surface area contributed by atoms with E-state index in [0.29, 0.717) is 24.4 Å². The van der Waals surface area contributed by atoms with Crippen molar-refractivity contribution in [2.24, 2.45) is 0 Å². The molecule has 0 saturated heterocycles. The van der Waals surface area contributed by atoms with Crippen molar-refractivity contribution >= 4 is 21.6 Å². The first-order valence-electron chi connectivity index (χ1n) is 11.4. The van der Waals surface area contributed by atoms with Gasteiger partial charge in [-0.05, 0) is 85.8 Å². The van der Waals surface area contributed by atoms with Gasteiger partial charge in [0.2, 0.25) is 0 Å². The van der Waals surface area contributed by atoms with Crippen LogP contribution >= 0.6 is 0 Å². The molecule has 0 saturated carbocycles. The summed E-state index contributed by atoms with van der Waals surface area (Å²) in [5.74, 6) is 0.389. The molecule has 0 aliphatic heterocycles. The minimum Gasteiger partial charge on any atom is -0.492 e. The number of benzene rings is 3. The average molecular weight is 481 g/mol. The molecule has 3 aromatic carbocycles. The number of carbonyl (C=O) groups excluding carboxylic acids is 1. The average Bonchev–Trinajstić information content (AvgIpc) is 2.80. The minimum atomic E-state index is -3.85. The number of rotatable bonds is 10. The van der Waals surface area contributed by atoms with E-state index in [1.165, 1.54) is 11.6 Å². The number of amides is 1. The van der Waals surface area contributed by atoms with Gasteiger partial charge in [0.05, 0.1) is 11.4 Å². The van der Waals surface area contributed by atoms with Crippen LogP contribution in [0.2, 0.25) is 0 Å². The zero-order chi connectivity index (χ0) is 24.7. The highest BCUT2D eigenvalue weighted by atomic mass is 32.2. The van der Waals surface area contributed by atoms with Gasteiger partial charge in [0.15, 0.2) is 0 Å². The Morgan fingerprint density at radius 2 is 1.59 bits per heavy atom. The predicted molar refractivity (Wildman–Crippen MR) is 136 cm³/mol. The molecule has 0 aromatic heterocycles. The van der Waals surface area contributed by atoms with Crippen LogP contribution in [0.25, 0.3) is 0 Å².